The number of hydrogen-bond acceptors (Lipinski definition) is 4. The van der Waals surface area contributed by atoms with Crippen molar-refractivity contribution in [3.63, 3.8) is 0 Å². The Balaban J connectivity index is 2.15. The van der Waals surface area contributed by atoms with Crippen molar-refractivity contribution in [3.05, 3.63) is 57.4 Å². The maximum absolute atomic E-state index is 14.0. The van der Waals surface area contributed by atoms with E-state index in [1.54, 1.807) is 12.1 Å². The minimum atomic E-state index is -0.481. The van der Waals surface area contributed by atoms with Crippen LogP contribution >= 0.6 is 11.6 Å². The molecule has 4 nitrogen and oxygen atoms in total. The van der Waals surface area contributed by atoms with Crippen LogP contribution in [0.1, 0.15) is 21.5 Å². The highest BCUT2D eigenvalue weighted by molar-refractivity contribution is 6.32. The van der Waals surface area contributed by atoms with Crippen LogP contribution in [0.2, 0.25) is 5.02 Å². The van der Waals surface area contributed by atoms with Gasteiger partial charge in [-0.3, -0.25) is 4.79 Å². The van der Waals surface area contributed by atoms with Gasteiger partial charge in [-0.15, -0.1) is 0 Å². The van der Waals surface area contributed by atoms with E-state index in [1.165, 1.54) is 39.5 Å². The molecule has 0 bridgehead atoms. The number of carbonyl (C=O) groups is 1. The average molecular weight is 363 g/mol. The SMILES string of the molecule is COc1cc2c(c(OC)c1OC)C(=O)C(=Cc1c(F)cccc1Cl)C2. The number of halogens is 2. The van der Waals surface area contributed by atoms with Gasteiger partial charge in [-0.25, -0.2) is 4.39 Å². The molecule has 130 valence electrons. The van der Waals surface area contributed by atoms with Crippen LogP contribution in [-0.4, -0.2) is 27.1 Å². The van der Waals surface area contributed by atoms with Crippen molar-refractivity contribution in [3.8, 4) is 17.2 Å². The highest BCUT2D eigenvalue weighted by Gasteiger charge is 2.33. The van der Waals surface area contributed by atoms with Gasteiger partial charge in [-0.05, 0) is 29.8 Å². The molecule has 6 heteroatoms. The molecule has 0 unspecified atom stereocenters. The molecule has 1 aliphatic rings. The fraction of sp³-hybridized carbons (Fsp3) is 0.211. The predicted molar refractivity (Wildman–Crippen MR) is 93.5 cm³/mol. The second-order valence-corrected chi connectivity index (χ2v) is 5.90. The first-order valence-electron chi connectivity index (χ1n) is 7.53. The molecule has 0 atom stereocenters. The third-order valence-electron chi connectivity index (χ3n) is 4.13. The van der Waals surface area contributed by atoms with E-state index in [4.69, 9.17) is 25.8 Å². The lowest BCUT2D eigenvalue weighted by molar-refractivity contribution is 0.103. The Morgan fingerprint density at radius 2 is 1.84 bits per heavy atom. The van der Waals surface area contributed by atoms with E-state index in [2.05, 4.69) is 0 Å². The molecule has 25 heavy (non-hydrogen) atoms. The van der Waals surface area contributed by atoms with Gasteiger partial charge in [-0.1, -0.05) is 17.7 Å². The molecule has 0 aliphatic heterocycles. The Labute approximate surface area is 149 Å². The number of carbonyl (C=O) groups excluding carboxylic acids is 1. The number of fused-ring (bicyclic) bond motifs is 1. The lowest BCUT2D eigenvalue weighted by Crippen LogP contribution is -2.03. The van der Waals surface area contributed by atoms with Gasteiger partial charge in [0.2, 0.25) is 5.75 Å². The molecule has 2 aromatic rings. The Morgan fingerprint density at radius 3 is 2.44 bits per heavy atom. The van der Waals surface area contributed by atoms with E-state index in [0.717, 1.165) is 5.56 Å². The van der Waals surface area contributed by atoms with Gasteiger partial charge in [0, 0.05) is 17.6 Å². The number of Topliss-reactive ketones (excluding diaryl/α,β-unsaturated/α-hetero) is 1. The Hall–Kier alpha value is -2.53. The number of ether oxygens (including phenoxy) is 3. The molecule has 3 rings (SSSR count). The molecule has 2 aromatic carbocycles. The van der Waals surface area contributed by atoms with Crippen LogP contribution in [0.5, 0.6) is 17.2 Å². The molecule has 0 saturated heterocycles. The van der Waals surface area contributed by atoms with E-state index in [0.29, 0.717) is 34.8 Å². The maximum Gasteiger partial charge on any atom is 0.204 e. The van der Waals surface area contributed by atoms with Crippen LogP contribution < -0.4 is 14.2 Å². The van der Waals surface area contributed by atoms with Crippen LogP contribution in [0, 0.1) is 5.82 Å². The minimum Gasteiger partial charge on any atom is -0.493 e. The molecule has 0 fully saturated rings. The summed E-state index contributed by atoms with van der Waals surface area (Å²) in [6.07, 6.45) is 1.81. The van der Waals surface area contributed by atoms with Crippen LogP contribution in [-0.2, 0) is 6.42 Å². The van der Waals surface area contributed by atoms with Gasteiger partial charge in [-0.2, -0.15) is 0 Å². The van der Waals surface area contributed by atoms with Gasteiger partial charge in [0.05, 0.1) is 31.9 Å². The normalized spacial score (nSPS) is 14.6. The number of benzene rings is 2. The zero-order valence-corrected chi connectivity index (χ0v) is 14.7. The van der Waals surface area contributed by atoms with Crippen molar-refractivity contribution >= 4 is 23.5 Å². The maximum atomic E-state index is 14.0. The molecule has 0 N–H and O–H groups in total. The van der Waals surface area contributed by atoms with Gasteiger partial charge < -0.3 is 14.2 Å². The van der Waals surface area contributed by atoms with Crippen molar-refractivity contribution in [2.24, 2.45) is 0 Å². The van der Waals surface area contributed by atoms with Crippen LogP contribution in [0.25, 0.3) is 6.08 Å². The lowest BCUT2D eigenvalue weighted by Gasteiger charge is -2.14. The van der Waals surface area contributed by atoms with Crippen molar-refractivity contribution in [2.45, 2.75) is 6.42 Å². The molecule has 0 heterocycles. The van der Waals surface area contributed by atoms with Crippen LogP contribution in [0.4, 0.5) is 4.39 Å². The fourth-order valence-corrected chi connectivity index (χ4v) is 3.20. The number of rotatable bonds is 4. The summed E-state index contributed by atoms with van der Waals surface area (Å²) in [7, 11) is 4.44. The molecular weight excluding hydrogens is 347 g/mol. The fourth-order valence-electron chi connectivity index (χ4n) is 2.98. The predicted octanol–water partition coefficient (Wildman–Crippen LogP) is 4.33. The summed E-state index contributed by atoms with van der Waals surface area (Å²) in [5, 5.41) is 0.249. The second kappa shape index (κ2) is 6.76. The third-order valence-corrected chi connectivity index (χ3v) is 4.46. The van der Waals surface area contributed by atoms with Crippen molar-refractivity contribution < 1.29 is 23.4 Å². The molecule has 0 amide bonds. The highest BCUT2D eigenvalue weighted by atomic mass is 35.5. The largest absolute Gasteiger partial charge is 0.493 e. The summed E-state index contributed by atoms with van der Waals surface area (Å²) in [5.41, 5.74) is 1.76. The summed E-state index contributed by atoms with van der Waals surface area (Å²) in [6.45, 7) is 0. The number of hydrogen-bond donors (Lipinski definition) is 0. The summed E-state index contributed by atoms with van der Waals surface area (Å²) in [5.74, 6) is 0.404. The zero-order valence-electron chi connectivity index (χ0n) is 14.0. The first-order chi connectivity index (χ1) is 12.0. The Bertz CT molecular complexity index is 869. The molecule has 0 saturated carbocycles. The summed E-state index contributed by atoms with van der Waals surface area (Å²) < 4.78 is 30.1. The standard InChI is InChI=1S/C19H16ClFO4/c1-23-15-9-10-7-11(8-12-13(20)5-4-6-14(12)21)17(22)16(10)19(25-3)18(15)24-2/h4-6,8-9H,7H2,1-3H3. The van der Waals surface area contributed by atoms with E-state index in [1.807, 2.05) is 0 Å². The van der Waals surface area contributed by atoms with E-state index in [-0.39, 0.29) is 16.4 Å². The topological polar surface area (TPSA) is 44.8 Å². The average Bonchev–Trinajstić information content (AvgIpc) is 2.92. The van der Waals surface area contributed by atoms with E-state index in [9.17, 15) is 9.18 Å². The highest BCUT2D eigenvalue weighted by Crippen LogP contribution is 2.46. The number of allylic oxidation sites excluding steroid dienone is 1. The molecule has 0 aromatic heterocycles. The quantitative estimate of drug-likeness (QED) is 0.759. The zero-order chi connectivity index (χ0) is 18.1. The van der Waals surface area contributed by atoms with Gasteiger partial charge in [0.25, 0.3) is 0 Å². The van der Waals surface area contributed by atoms with Crippen LogP contribution in [0.15, 0.2) is 29.8 Å². The van der Waals surface area contributed by atoms with Crippen molar-refractivity contribution in [1.29, 1.82) is 0 Å². The third kappa shape index (κ3) is 2.85. The molecule has 0 radical (unpaired) electrons. The summed E-state index contributed by atoms with van der Waals surface area (Å²) >= 11 is 6.06. The van der Waals surface area contributed by atoms with Gasteiger partial charge in [0.1, 0.15) is 5.82 Å². The monoisotopic (exact) mass is 362 g/mol. The molecular formula is C19H16ClFO4. The first-order valence-corrected chi connectivity index (χ1v) is 7.90. The van der Waals surface area contributed by atoms with Crippen LogP contribution in [0.3, 0.4) is 0 Å². The Morgan fingerprint density at radius 1 is 1.12 bits per heavy atom. The van der Waals surface area contributed by atoms with Gasteiger partial charge in [0.15, 0.2) is 17.3 Å². The van der Waals surface area contributed by atoms with E-state index < -0.39 is 5.82 Å². The van der Waals surface area contributed by atoms with E-state index >= 15 is 0 Å². The number of methoxy groups -OCH3 is 3. The second-order valence-electron chi connectivity index (χ2n) is 5.49. The first kappa shape index (κ1) is 17.3. The Kier molecular flexibility index (Phi) is 4.68. The van der Waals surface area contributed by atoms with Crippen molar-refractivity contribution in [2.75, 3.05) is 21.3 Å². The van der Waals surface area contributed by atoms with Crippen molar-refractivity contribution in [1.82, 2.24) is 0 Å². The van der Waals surface area contributed by atoms with Gasteiger partial charge >= 0.3 is 0 Å². The smallest absolute Gasteiger partial charge is 0.204 e. The summed E-state index contributed by atoms with van der Waals surface area (Å²) in [4.78, 5) is 12.9. The minimum absolute atomic E-state index is 0.193. The lowest BCUT2D eigenvalue weighted by atomic mass is 10.1. The molecule has 1 aliphatic carbocycles. The number of ketones is 1. The summed E-state index contributed by atoms with van der Waals surface area (Å²) in [6, 6.07) is 6.13. The molecule has 0 spiro atoms.